The molecule has 1 aromatic carbocycles. The number of nitrogens with one attached hydrogen (secondary N) is 3. The van der Waals surface area contributed by atoms with E-state index in [-0.39, 0.29) is 24.3 Å². The Hall–Kier alpha value is -2.90. The smallest absolute Gasteiger partial charge is 0.325 e. The molecular formula is C23H30N4O4. The van der Waals surface area contributed by atoms with Gasteiger partial charge in [-0.1, -0.05) is 19.4 Å². The lowest BCUT2D eigenvalue weighted by Gasteiger charge is -2.34. The van der Waals surface area contributed by atoms with E-state index in [0.29, 0.717) is 30.1 Å². The number of hydrogen-bond donors (Lipinski definition) is 3. The Balaban J connectivity index is 1.39. The van der Waals surface area contributed by atoms with Crippen LogP contribution in [0.2, 0.25) is 0 Å². The summed E-state index contributed by atoms with van der Waals surface area (Å²) in [5.74, 6) is -0.0911. The van der Waals surface area contributed by atoms with Crippen LogP contribution in [0, 0.1) is 18.8 Å². The van der Waals surface area contributed by atoms with Crippen molar-refractivity contribution in [3.63, 3.8) is 0 Å². The van der Waals surface area contributed by atoms with E-state index < -0.39 is 17.5 Å². The second kappa shape index (κ2) is 8.32. The standard InChI is InChI=1S/C23H30N4O4/c1-3-15-8-10-23(11-9-15)21(30)27(22(31)26-23)13-19(28)25-18-12-17(7-4-14(18)2)24-20(29)16-5-6-16/h4,7,12,15-16H,3,5-6,8-11,13H2,1-2H3,(H,24,29)(H,25,28)(H,26,31). The highest BCUT2D eigenvalue weighted by atomic mass is 16.2. The number of nitrogens with zero attached hydrogens (tertiary/aromatic N) is 1. The summed E-state index contributed by atoms with van der Waals surface area (Å²) in [5, 5.41) is 8.49. The average molecular weight is 427 g/mol. The summed E-state index contributed by atoms with van der Waals surface area (Å²) >= 11 is 0. The van der Waals surface area contributed by atoms with Gasteiger partial charge in [-0.05, 0) is 69.1 Å². The Morgan fingerprint density at radius 2 is 1.84 bits per heavy atom. The Kier molecular flexibility index (Phi) is 5.73. The molecule has 0 atom stereocenters. The topological polar surface area (TPSA) is 108 Å². The van der Waals surface area contributed by atoms with Crippen LogP contribution in [0.1, 0.15) is 57.4 Å². The molecule has 0 bridgehead atoms. The highest BCUT2D eigenvalue weighted by molar-refractivity contribution is 6.10. The Morgan fingerprint density at radius 1 is 1.13 bits per heavy atom. The molecular weight excluding hydrogens is 396 g/mol. The Labute approximate surface area is 182 Å². The minimum Gasteiger partial charge on any atom is -0.326 e. The van der Waals surface area contributed by atoms with E-state index in [1.54, 1.807) is 12.1 Å². The minimum atomic E-state index is -0.855. The van der Waals surface area contributed by atoms with Gasteiger partial charge in [0.05, 0.1) is 0 Å². The normalized spacial score (nSPS) is 25.5. The van der Waals surface area contributed by atoms with Crippen molar-refractivity contribution in [2.24, 2.45) is 11.8 Å². The van der Waals surface area contributed by atoms with Gasteiger partial charge in [-0.15, -0.1) is 0 Å². The summed E-state index contributed by atoms with van der Waals surface area (Å²) in [7, 11) is 0. The van der Waals surface area contributed by atoms with Gasteiger partial charge in [-0.3, -0.25) is 19.3 Å². The molecule has 3 N–H and O–H groups in total. The lowest BCUT2D eigenvalue weighted by Crippen LogP contribution is -2.49. The van der Waals surface area contributed by atoms with Crippen molar-refractivity contribution in [2.75, 3.05) is 17.2 Å². The van der Waals surface area contributed by atoms with E-state index >= 15 is 0 Å². The molecule has 2 aliphatic carbocycles. The maximum absolute atomic E-state index is 13.0. The fourth-order valence-corrected chi connectivity index (χ4v) is 4.49. The molecule has 1 aromatic rings. The van der Waals surface area contributed by atoms with Crippen molar-refractivity contribution < 1.29 is 19.2 Å². The van der Waals surface area contributed by atoms with Gasteiger partial charge in [0.1, 0.15) is 12.1 Å². The molecule has 3 aliphatic rings. The summed E-state index contributed by atoms with van der Waals surface area (Å²) in [6.07, 6.45) is 5.94. The van der Waals surface area contributed by atoms with Crippen molar-refractivity contribution in [2.45, 2.75) is 64.3 Å². The van der Waals surface area contributed by atoms with Crippen molar-refractivity contribution in [3.05, 3.63) is 23.8 Å². The van der Waals surface area contributed by atoms with E-state index in [4.69, 9.17) is 0 Å². The third kappa shape index (κ3) is 4.43. The number of aryl methyl sites for hydroxylation is 1. The summed E-state index contributed by atoms with van der Waals surface area (Å²) < 4.78 is 0. The number of benzene rings is 1. The second-order valence-electron chi connectivity index (χ2n) is 9.10. The van der Waals surface area contributed by atoms with Crippen LogP contribution in [0.25, 0.3) is 0 Å². The van der Waals surface area contributed by atoms with E-state index in [1.807, 2.05) is 13.0 Å². The first-order chi connectivity index (χ1) is 14.8. The molecule has 1 aliphatic heterocycles. The molecule has 0 unspecified atom stereocenters. The van der Waals surface area contributed by atoms with Gasteiger partial charge in [0.2, 0.25) is 11.8 Å². The zero-order valence-corrected chi connectivity index (χ0v) is 18.1. The highest BCUT2D eigenvalue weighted by Gasteiger charge is 2.52. The molecule has 8 nitrogen and oxygen atoms in total. The maximum Gasteiger partial charge on any atom is 0.325 e. The van der Waals surface area contributed by atoms with Crippen LogP contribution in [0.3, 0.4) is 0 Å². The lowest BCUT2D eigenvalue weighted by atomic mass is 9.75. The summed E-state index contributed by atoms with van der Waals surface area (Å²) in [6.45, 7) is 3.65. The number of rotatable bonds is 6. The van der Waals surface area contributed by atoms with Gasteiger partial charge in [0.15, 0.2) is 0 Å². The monoisotopic (exact) mass is 426 g/mol. The number of amides is 5. The van der Waals surface area contributed by atoms with E-state index in [2.05, 4.69) is 22.9 Å². The summed E-state index contributed by atoms with van der Waals surface area (Å²) in [4.78, 5) is 51.2. The van der Waals surface area contributed by atoms with Crippen molar-refractivity contribution in [3.8, 4) is 0 Å². The summed E-state index contributed by atoms with van der Waals surface area (Å²) in [6, 6.07) is 4.80. The molecule has 8 heteroatoms. The molecule has 4 rings (SSSR count). The molecule has 2 saturated carbocycles. The Morgan fingerprint density at radius 3 is 2.48 bits per heavy atom. The van der Waals surface area contributed by atoms with Gasteiger partial charge >= 0.3 is 6.03 Å². The number of carbonyl (C=O) groups is 4. The van der Waals surface area contributed by atoms with Crippen LogP contribution in [0.4, 0.5) is 16.2 Å². The number of carbonyl (C=O) groups excluding carboxylic acids is 4. The predicted octanol–water partition coefficient (Wildman–Crippen LogP) is 3.17. The van der Waals surface area contributed by atoms with Gasteiger partial charge in [0, 0.05) is 17.3 Å². The predicted molar refractivity (Wildman–Crippen MR) is 116 cm³/mol. The second-order valence-corrected chi connectivity index (χ2v) is 9.10. The van der Waals surface area contributed by atoms with Crippen LogP contribution in [-0.4, -0.2) is 40.7 Å². The van der Waals surface area contributed by atoms with Crippen molar-refractivity contribution >= 4 is 35.1 Å². The van der Waals surface area contributed by atoms with Crippen LogP contribution >= 0.6 is 0 Å². The first-order valence-electron chi connectivity index (χ1n) is 11.2. The molecule has 1 spiro atoms. The molecule has 31 heavy (non-hydrogen) atoms. The van der Waals surface area contributed by atoms with Crippen LogP contribution < -0.4 is 16.0 Å². The zero-order chi connectivity index (χ0) is 22.2. The molecule has 0 radical (unpaired) electrons. The van der Waals surface area contributed by atoms with Gasteiger partial charge in [-0.25, -0.2) is 4.79 Å². The number of hydrogen-bond acceptors (Lipinski definition) is 4. The number of anilines is 2. The molecule has 0 aromatic heterocycles. The van der Waals surface area contributed by atoms with Crippen molar-refractivity contribution in [1.29, 1.82) is 0 Å². The molecule has 5 amide bonds. The third-order valence-corrected chi connectivity index (χ3v) is 6.81. The van der Waals surface area contributed by atoms with Gasteiger partial charge < -0.3 is 16.0 Å². The lowest BCUT2D eigenvalue weighted by molar-refractivity contribution is -0.135. The average Bonchev–Trinajstić information content (AvgIpc) is 3.57. The van der Waals surface area contributed by atoms with Crippen LogP contribution in [-0.2, 0) is 14.4 Å². The first-order valence-corrected chi connectivity index (χ1v) is 11.2. The fraction of sp³-hybridized carbons (Fsp3) is 0.565. The largest absolute Gasteiger partial charge is 0.326 e. The third-order valence-electron chi connectivity index (χ3n) is 6.81. The quantitative estimate of drug-likeness (QED) is 0.607. The van der Waals surface area contributed by atoms with Crippen LogP contribution in [0.15, 0.2) is 18.2 Å². The number of urea groups is 1. The van der Waals surface area contributed by atoms with E-state index in [1.165, 1.54) is 0 Å². The minimum absolute atomic E-state index is 0.0106. The zero-order valence-electron chi connectivity index (χ0n) is 18.1. The molecule has 1 heterocycles. The fourth-order valence-electron chi connectivity index (χ4n) is 4.49. The molecule has 3 fully saturated rings. The van der Waals surface area contributed by atoms with E-state index in [9.17, 15) is 19.2 Å². The van der Waals surface area contributed by atoms with Crippen molar-refractivity contribution in [1.82, 2.24) is 10.2 Å². The number of imide groups is 1. The Bertz CT molecular complexity index is 916. The SMILES string of the molecule is CCC1CCC2(CC1)NC(=O)N(CC(=O)Nc1cc(NC(=O)C3CC3)ccc1C)C2=O. The highest BCUT2D eigenvalue weighted by Crippen LogP contribution is 2.37. The molecule has 1 saturated heterocycles. The van der Waals surface area contributed by atoms with Gasteiger partial charge in [0.25, 0.3) is 5.91 Å². The molecule has 166 valence electrons. The first kappa shape index (κ1) is 21.3. The maximum atomic E-state index is 13.0. The van der Waals surface area contributed by atoms with Crippen LogP contribution in [0.5, 0.6) is 0 Å². The van der Waals surface area contributed by atoms with Gasteiger partial charge in [-0.2, -0.15) is 0 Å². The van der Waals surface area contributed by atoms with E-state index in [0.717, 1.165) is 42.6 Å². The summed E-state index contributed by atoms with van der Waals surface area (Å²) in [5.41, 5.74) is 1.12.